The van der Waals surface area contributed by atoms with Crippen LogP contribution in [0.15, 0.2) is 46.9 Å². The van der Waals surface area contributed by atoms with Gasteiger partial charge in [0.25, 0.3) is 5.69 Å². The first kappa shape index (κ1) is 15.0. The highest BCUT2D eigenvalue weighted by Crippen LogP contribution is 2.29. The average Bonchev–Trinajstić information content (AvgIpc) is 2.49. The van der Waals surface area contributed by atoms with Crippen LogP contribution in [-0.4, -0.2) is 12.0 Å². The van der Waals surface area contributed by atoms with Crippen LogP contribution in [0.25, 0.3) is 0 Å². The number of halogens is 1. The molecule has 0 fully saturated rings. The molecule has 0 amide bonds. The number of benzene rings is 2. The number of nitro benzene ring substituents is 1. The Morgan fingerprint density at radius 2 is 2.05 bits per heavy atom. The van der Waals surface area contributed by atoms with Gasteiger partial charge in [-0.1, -0.05) is 18.2 Å². The number of nitro groups is 1. The fourth-order valence-electron chi connectivity index (χ4n) is 1.99. The molecule has 0 aliphatic heterocycles. The van der Waals surface area contributed by atoms with Gasteiger partial charge in [-0.25, -0.2) is 0 Å². The molecule has 0 aliphatic carbocycles. The van der Waals surface area contributed by atoms with E-state index in [0.717, 1.165) is 11.3 Å². The van der Waals surface area contributed by atoms with E-state index < -0.39 is 4.92 Å². The van der Waals surface area contributed by atoms with Crippen molar-refractivity contribution in [2.24, 2.45) is 0 Å². The van der Waals surface area contributed by atoms with Crippen molar-refractivity contribution in [2.75, 3.05) is 11.9 Å². The smallest absolute Gasteiger partial charge is 0.283 e. The summed E-state index contributed by atoms with van der Waals surface area (Å²) in [4.78, 5) is 12.5. The minimum Gasteiger partial charge on any atom is -0.370 e. The number of hydrogen-bond acceptors (Lipinski definition) is 4. The fraction of sp³-hybridized carbons (Fsp3) is 0.133. The van der Waals surface area contributed by atoms with Crippen molar-refractivity contribution in [3.05, 3.63) is 68.2 Å². The van der Waals surface area contributed by atoms with E-state index >= 15 is 0 Å². The molecule has 0 N–H and O–H groups in total. The van der Waals surface area contributed by atoms with Crippen LogP contribution < -0.4 is 4.90 Å². The van der Waals surface area contributed by atoms with E-state index in [9.17, 15) is 10.1 Å². The lowest BCUT2D eigenvalue weighted by Gasteiger charge is -2.20. The van der Waals surface area contributed by atoms with Crippen molar-refractivity contribution in [2.45, 2.75) is 6.54 Å². The topological polar surface area (TPSA) is 70.2 Å². The van der Waals surface area contributed by atoms with Crippen LogP contribution in [0.5, 0.6) is 0 Å². The van der Waals surface area contributed by atoms with Gasteiger partial charge in [-0.2, -0.15) is 5.26 Å². The summed E-state index contributed by atoms with van der Waals surface area (Å²) in [5.74, 6) is 0. The Morgan fingerprint density at radius 1 is 1.33 bits per heavy atom. The van der Waals surface area contributed by atoms with Crippen molar-refractivity contribution in [3.63, 3.8) is 0 Å². The summed E-state index contributed by atoms with van der Waals surface area (Å²) in [6.07, 6.45) is 0. The number of nitriles is 1. The third-order valence-electron chi connectivity index (χ3n) is 3.08. The molecule has 2 aromatic rings. The summed E-state index contributed by atoms with van der Waals surface area (Å²) < 4.78 is 0.485. The summed E-state index contributed by atoms with van der Waals surface area (Å²) in [5.41, 5.74) is 2.32. The van der Waals surface area contributed by atoms with E-state index in [1.807, 2.05) is 30.1 Å². The zero-order valence-corrected chi connectivity index (χ0v) is 12.9. The molecule has 2 aromatic carbocycles. The third-order valence-corrected chi connectivity index (χ3v) is 3.99. The van der Waals surface area contributed by atoms with Crippen LogP contribution in [-0.2, 0) is 6.54 Å². The Morgan fingerprint density at radius 3 is 2.71 bits per heavy atom. The first-order chi connectivity index (χ1) is 10.0. The predicted molar refractivity (Wildman–Crippen MR) is 84.1 cm³/mol. The maximum Gasteiger partial charge on any atom is 0.283 e. The Labute approximate surface area is 130 Å². The van der Waals surface area contributed by atoms with E-state index in [1.54, 1.807) is 18.2 Å². The molecule has 0 saturated heterocycles. The summed E-state index contributed by atoms with van der Waals surface area (Å²) in [7, 11) is 1.88. The van der Waals surface area contributed by atoms with E-state index in [2.05, 4.69) is 22.0 Å². The van der Waals surface area contributed by atoms with Crippen LogP contribution in [0.3, 0.4) is 0 Å². The first-order valence-corrected chi connectivity index (χ1v) is 6.95. The van der Waals surface area contributed by atoms with Crippen LogP contribution >= 0.6 is 15.9 Å². The minimum absolute atomic E-state index is 0.0478. The minimum atomic E-state index is -0.413. The molecule has 0 spiro atoms. The number of rotatable bonds is 4. The van der Waals surface area contributed by atoms with E-state index in [0.29, 0.717) is 16.6 Å². The van der Waals surface area contributed by atoms with Crippen LogP contribution in [0.1, 0.15) is 11.1 Å². The Hall–Kier alpha value is -2.39. The molecule has 21 heavy (non-hydrogen) atoms. The maximum absolute atomic E-state index is 10.9. The second-order valence-electron chi connectivity index (χ2n) is 4.53. The highest BCUT2D eigenvalue weighted by Gasteiger charge is 2.16. The molecule has 106 valence electrons. The molecule has 0 heterocycles. The largest absolute Gasteiger partial charge is 0.370 e. The molecule has 0 radical (unpaired) electrons. The third kappa shape index (κ3) is 3.38. The highest BCUT2D eigenvalue weighted by atomic mass is 79.9. The number of anilines is 1. The van der Waals surface area contributed by atoms with E-state index in [4.69, 9.17) is 5.26 Å². The van der Waals surface area contributed by atoms with Gasteiger partial charge in [0.15, 0.2) is 0 Å². The summed E-state index contributed by atoms with van der Waals surface area (Å²) in [6, 6.07) is 14.3. The predicted octanol–water partition coefficient (Wildman–Crippen LogP) is 3.87. The monoisotopic (exact) mass is 345 g/mol. The molecule has 0 aromatic heterocycles. The Balaban J connectivity index is 2.27. The standard InChI is InChI=1S/C15H12BrN3O2/c1-18(13-6-2-4-11(8-13)9-17)10-12-5-3-7-14(15(12)16)19(20)21/h2-8H,10H2,1H3. The normalized spacial score (nSPS) is 9.95. The lowest BCUT2D eigenvalue weighted by atomic mass is 10.1. The van der Waals surface area contributed by atoms with Crippen molar-refractivity contribution >= 4 is 27.3 Å². The SMILES string of the molecule is CN(Cc1cccc([N+](=O)[O-])c1Br)c1cccc(C#N)c1. The molecule has 0 unspecified atom stereocenters. The van der Waals surface area contributed by atoms with Gasteiger partial charge < -0.3 is 4.90 Å². The molecule has 0 atom stereocenters. The molecule has 2 rings (SSSR count). The molecule has 0 aliphatic rings. The van der Waals surface area contributed by atoms with Crippen molar-refractivity contribution < 1.29 is 4.92 Å². The molecular formula is C15H12BrN3O2. The lowest BCUT2D eigenvalue weighted by molar-refractivity contribution is -0.385. The van der Waals surface area contributed by atoms with Gasteiger partial charge in [-0.15, -0.1) is 0 Å². The summed E-state index contributed by atoms with van der Waals surface area (Å²) in [5, 5.41) is 19.9. The quantitative estimate of drug-likeness (QED) is 0.623. The second kappa shape index (κ2) is 6.37. The van der Waals surface area contributed by atoms with Gasteiger partial charge >= 0.3 is 0 Å². The van der Waals surface area contributed by atoms with Gasteiger partial charge in [0, 0.05) is 25.3 Å². The molecular weight excluding hydrogens is 334 g/mol. The molecule has 6 heteroatoms. The van der Waals surface area contributed by atoms with Gasteiger partial charge in [-0.3, -0.25) is 10.1 Å². The van der Waals surface area contributed by atoms with Crippen LogP contribution in [0, 0.1) is 21.4 Å². The fourth-order valence-corrected chi connectivity index (χ4v) is 2.52. The van der Waals surface area contributed by atoms with E-state index in [1.165, 1.54) is 6.07 Å². The maximum atomic E-state index is 10.9. The summed E-state index contributed by atoms with van der Waals surface area (Å²) >= 11 is 3.29. The van der Waals surface area contributed by atoms with Crippen molar-refractivity contribution in [3.8, 4) is 6.07 Å². The van der Waals surface area contributed by atoms with Crippen molar-refractivity contribution in [1.29, 1.82) is 5.26 Å². The molecule has 0 saturated carbocycles. The summed E-state index contributed by atoms with van der Waals surface area (Å²) in [6.45, 7) is 0.497. The van der Waals surface area contributed by atoms with Gasteiger partial charge in [0.05, 0.1) is 16.6 Å². The van der Waals surface area contributed by atoms with Crippen molar-refractivity contribution in [1.82, 2.24) is 0 Å². The Bertz CT molecular complexity index is 725. The van der Waals surface area contributed by atoms with Crippen LogP contribution in [0.2, 0.25) is 0 Å². The number of hydrogen-bond donors (Lipinski definition) is 0. The van der Waals surface area contributed by atoms with Gasteiger partial charge in [0.1, 0.15) is 4.47 Å². The Kier molecular flexibility index (Phi) is 4.55. The zero-order valence-electron chi connectivity index (χ0n) is 11.3. The second-order valence-corrected chi connectivity index (χ2v) is 5.32. The average molecular weight is 346 g/mol. The molecule has 5 nitrogen and oxygen atoms in total. The first-order valence-electron chi connectivity index (χ1n) is 6.16. The molecule has 0 bridgehead atoms. The lowest BCUT2D eigenvalue weighted by Crippen LogP contribution is -2.17. The van der Waals surface area contributed by atoms with E-state index in [-0.39, 0.29) is 5.69 Å². The van der Waals surface area contributed by atoms with Crippen LogP contribution in [0.4, 0.5) is 11.4 Å². The van der Waals surface area contributed by atoms with Gasteiger partial charge in [-0.05, 0) is 39.7 Å². The zero-order chi connectivity index (χ0) is 15.4. The highest BCUT2D eigenvalue weighted by molar-refractivity contribution is 9.10. The van der Waals surface area contributed by atoms with Gasteiger partial charge in [0.2, 0.25) is 0 Å². The number of nitrogens with zero attached hydrogens (tertiary/aromatic N) is 3.